The molecular weight excluding hydrogens is 237 g/mol. The molecule has 0 radical (unpaired) electrons. The summed E-state index contributed by atoms with van der Waals surface area (Å²) in [4.78, 5) is 25.2. The van der Waals surface area contributed by atoms with E-state index in [0.29, 0.717) is 0 Å². The van der Waals surface area contributed by atoms with Crippen LogP contribution >= 0.6 is 0 Å². The van der Waals surface area contributed by atoms with E-state index in [1.165, 1.54) is 30.5 Å². The van der Waals surface area contributed by atoms with Crippen molar-refractivity contribution in [3.63, 3.8) is 0 Å². The summed E-state index contributed by atoms with van der Waals surface area (Å²) in [5.74, 6) is -0.713. The Morgan fingerprint density at radius 3 is 2.78 bits per heavy atom. The highest BCUT2D eigenvalue weighted by Crippen LogP contribution is 2.12. The van der Waals surface area contributed by atoms with E-state index >= 15 is 0 Å². The predicted molar refractivity (Wildman–Crippen MR) is 61.5 cm³/mol. The molecule has 90 valence electrons. The van der Waals surface area contributed by atoms with Gasteiger partial charge in [-0.05, 0) is 6.07 Å². The fraction of sp³-hybridized carbons (Fsp3) is 0.0833. The van der Waals surface area contributed by atoms with Crippen molar-refractivity contribution < 1.29 is 4.39 Å². The monoisotopic (exact) mass is 245 g/mol. The van der Waals surface area contributed by atoms with E-state index in [9.17, 15) is 14.0 Å². The van der Waals surface area contributed by atoms with E-state index in [1.54, 1.807) is 6.07 Å². The van der Waals surface area contributed by atoms with Gasteiger partial charge in [-0.1, -0.05) is 12.1 Å². The Morgan fingerprint density at radius 2 is 2.11 bits per heavy atom. The van der Waals surface area contributed by atoms with Crippen LogP contribution in [0.2, 0.25) is 0 Å². The second-order valence-electron chi connectivity index (χ2n) is 3.60. The highest BCUT2D eigenvalue weighted by atomic mass is 19.1. The zero-order valence-corrected chi connectivity index (χ0v) is 9.18. The lowest BCUT2D eigenvalue weighted by molar-refractivity contribution is 0.586. The van der Waals surface area contributed by atoms with Crippen molar-refractivity contribution in [3.05, 3.63) is 68.2 Å². The second kappa shape index (κ2) is 4.67. The van der Waals surface area contributed by atoms with E-state index < -0.39 is 17.1 Å². The molecule has 2 aromatic rings. The number of halogens is 1. The van der Waals surface area contributed by atoms with Gasteiger partial charge in [0.05, 0.1) is 12.1 Å². The summed E-state index contributed by atoms with van der Waals surface area (Å²) in [5, 5.41) is 8.69. The van der Waals surface area contributed by atoms with Crippen molar-refractivity contribution in [3.8, 4) is 6.07 Å². The molecule has 0 amide bonds. The maximum Gasteiger partial charge on any atom is 0.328 e. The number of aromatic amines is 1. The molecule has 0 aliphatic rings. The summed E-state index contributed by atoms with van der Waals surface area (Å²) in [6, 6.07) is 7.13. The molecule has 2 rings (SSSR count). The summed E-state index contributed by atoms with van der Waals surface area (Å²) in [6.07, 6.45) is 1.23. The van der Waals surface area contributed by atoms with Gasteiger partial charge in [-0.2, -0.15) is 5.26 Å². The third-order valence-corrected chi connectivity index (χ3v) is 2.47. The van der Waals surface area contributed by atoms with Gasteiger partial charge >= 0.3 is 5.69 Å². The number of nitrogens with zero attached hydrogens (tertiary/aromatic N) is 2. The van der Waals surface area contributed by atoms with Gasteiger partial charge in [0.2, 0.25) is 0 Å². The minimum atomic E-state index is -0.713. The molecule has 6 heteroatoms. The van der Waals surface area contributed by atoms with Crippen LogP contribution in [-0.2, 0) is 6.54 Å². The smallest absolute Gasteiger partial charge is 0.314 e. The molecule has 1 N–H and O–H groups in total. The number of nitrogens with one attached hydrogen (secondary N) is 1. The summed E-state index contributed by atoms with van der Waals surface area (Å²) >= 11 is 0. The van der Waals surface area contributed by atoms with Gasteiger partial charge in [-0.15, -0.1) is 0 Å². The van der Waals surface area contributed by atoms with Crippen LogP contribution in [0.15, 0.2) is 40.1 Å². The fourth-order valence-electron chi connectivity index (χ4n) is 1.56. The second-order valence-corrected chi connectivity index (χ2v) is 3.60. The number of rotatable bonds is 2. The van der Waals surface area contributed by atoms with Gasteiger partial charge in [-0.25, -0.2) is 9.18 Å². The maximum absolute atomic E-state index is 13.8. The first kappa shape index (κ1) is 11.8. The van der Waals surface area contributed by atoms with Crippen LogP contribution in [0.3, 0.4) is 0 Å². The number of H-pyrrole nitrogens is 1. The summed E-state index contributed by atoms with van der Waals surface area (Å²) < 4.78 is 14.6. The Kier molecular flexibility index (Phi) is 3.06. The van der Waals surface area contributed by atoms with E-state index in [1.807, 2.05) is 0 Å². The quantitative estimate of drug-likeness (QED) is 0.841. The highest BCUT2D eigenvalue weighted by molar-refractivity contribution is 5.35. The fourth-order valence-corrected chi connectivity index (χ4v) is 1.56. The average Bonchev–Trinajstić information content (AvgIpc) is 2.36. The molecular formula is C12H8FN3O2. The summed E-state index contributed by atoms with van der Waals surface area (Å²) in [7, 11) is 0. The largest absolute Gasteiger partial charge is 0.328 e. The van der Waals surface area contributed by atoms with E-state index in [2.05, 4.69) is 4.98 Å². The molecule has 0 saturated carbocycles. The molecule has 0 aliphatic carbocycles. The highest BCUT2D eigenvalue weighted by Gasteiger charge is 2.09. The third kappa shape index (κ3) is 2.06. The van der Waals surface area contributed by atoms with Crippen LogP contribution in [-0.4, -0.2) is 9.55 Å². The SMILES string of the molecule is N#Cc1cccc(Cn2c(=O)cc[nH]c2=O)c1F. The first-order valence-electron chi connectivity index (χ1n) is 5.09. The number of hydrogen-bond donors (Lipinski definition) is 1. The minimum absolute atomic E-state index is 0.118. The Labute approximate surface area is 101 Å². The summed E-state index contributed by atoms with van der Waals surface area (Å²) in [6.45, 7) is -0.212. The molecule has 5 nitrogen and oxygen atoms in total. The van der Waals surface area contributed by atoms with Crippen molar-refractivity contribution in [1.82, 2.24) is 9.55 Å². The number of benzene rings is 1. The lowest BCUT2D eigenvalue weighted by atomic mass is 10.1. The molecule has 0 saturated heterocycles. The zero-order chi connectivity index (χ0) is 13.1. The Morgan fingerprint density at radius 1 is 1.33 bits per heavy atom. The van der Waals surface area contributed by atoms with Crippen LogP contribution in [0.25, 0.3) is 0 Å². The standard InChI is InChI=1S/C12H8FN3O2/c13-11-8(6-14)2-1-3-9(11)7-16-10(17)4-5-15-12(16)18/h1-5H,7H2,(H,15,18). The van der Waals surface area contributed by atoms with Crippen molar-refractivity contribution in [2.75, 3.05) is 0 Å². The normalized spacial score (nSPS) is 10.0. The van der Waals surface area contributed by atoms with Crippen molar-refractivity contribution in [1.29, 1.82) is 5.26 Å². The zero-order valence-electron chi connectivity index (χ0n) is 9.18. The van der Waals surface area contributed by atoms with Crippen molar-refractivity contribution >= 4 is 0 Å². The molecule has 0 bridgehead atoms. The predicted octanol–water partition coefficient (Wildman–Crippen LogP) is 0.596. The van der Waals surface area contributed by atoms with Gasteiger partial charge < -0.3 is 4.98 Å². The molecule has 0 aliphatic heterocycles. The van der Waals surface area contributed by atoms with E-state index in [4.69, 9.17) is 5.26 Å². The van der Waals surface area contributed by atoms with Crippen LogP contribution < -0.4 is 11.2 Å². The Hall–Kier alpha value is -2.68. The van der Waals surface area contributed by atoms with E-state index in [-0.39, 0.29) is 17.7 Å². The van der Waals surface area contributed by atoms with Crippen LogP contribution in [0.4, 0.5) is 4.39 Å². The van der Waals surface area contributed by atoms with Crippen LogP contribution in [0, 0.1) is 17.1 Å². The van der Waals surface area contributed by atoms with Gasteiger partial charge in [0.25, 0.3) is 5.56 Å². The first-order valence-corrected chi connectivity index (χ1v) is 5.09. The number of aromatic nitrogens is 2. The van der Waals surface area contributed by atoms with Crippen molar-refractivity contribution in [2.45, 2.75) is 6.54 Å². The van der Waals surface area contributed by atoms with Crippen molar-refractivity contribution in [2.24, 2.45) is 0 Å². The molecule has 18 heavy (non-hydrogen) atoms. The lowest BCUT2D eigenvalue weighted by Gasteiger charge is -2.05. The molecule has 1 heterocycles. The lowest BCUT2D eigenvalue weighted by Crippen LogP contribution is -2.34. The van der Waals surface area contributed by atoms with E-state index in [0.717, 1.165) is 4.57 Å². The molecule has 0 atom stereocenters. The van der Waals surface area contributed by atoms with Gasteiger partial charge in [-0.3, -0.25) is 9.36 Å². The number of nitriles is 1. The maximum atomic E-state index is 13.8. The third-order valence-electron chi connectivity index (χ3n) is 2.47. The molecule has 0 spiro atoms. The molecule has 1 aromatic heterocycles. The molecule has 1 aromatic carbocycles. The van der Waals surface area contributed by atoms with Gasteiger partial charge in [0.15, 0.2) is 0 Å². The van der Waals surface area contributed by atoms with Gasteiger partial charge in [0.1, 0.15) is 11.9 Å². The number of hydrogen-bond acceptors (Lipinski definition) is 3. The Balaban J connectivity index is 2.51. The Bertz CT molecular complexity index is 712. The van der Waals surface area contributed by atoms with Crippen LogP contribution in [0.1, 0.15) is 11.1 Å². The van der Waals surface area contributed by atoms with Crippen LogP contribution in [0.5, 0.6) is 0 Å². The molecule has 0 unspecified atom stereocenters. The minimum Gasteiger partial charge on any atom is -0.314 e. The molecule has 0 fully saturated rings. The average molecular weight is 245 g/mol. The summed E-state index contributed by atoms with van der Waals surface area (Å²) in [5.41, 5.74) is -1.15. The topological polar surface area (TPSA) is 78.7 Å². The first-order chi connectivity index (χ1) is 8.63. The van der Waals surface area contributed by atoms with Gasteiger partial charge in [0, 0.05) is 17.8 Å².